The lowest BCUT2D eigenvalue weighted by atomic mass is 10.2. The van der Waals surface area contributed by atoms with Gasteiger partial charge in [0, 0.05) is 17.3 Å². The third kappa shape index (κ3) is 2.25. The van der Waals surface area contributed by atoms with Gasteiger partial charge >= 0.3 is 0 Å². The van der Waals surface area contributed by atoms with Crippen LogP contribution in [-0.2, 0) is 6.42 Å². The highest BCUT2D eigenvalue weighted by Gasteiger charge is 2.06. The highest BCUT2D eigenvalue weighted by molar-refractivity contribution is 7.09. The van der Waals surface area contributed by atoms with E-state index < -0.39 is 0 Å². The number of hydrogen-bond acceptors (Lipinski definition) is 4. The van der Waals surface area contributed by atoms with Crippen LogP contribution in [0, 0.1) is 6.92 Å². The van der Waals surface area contributed by atoms with E-state index in [9.17, 15) is 0 Å². The lowest BCUT2D eigenvalue weighted by molar-refractivity contribution is 0.265. The molecule has 62 valence electrons. The minimum atomic E-state index is -0.144. The molecule has 0 saturated carbocycles. The first-order valence-electron chi connectivity index (χ1n) is 3.49. The van der Waals surface area contributed by atoms with E-state index in [-0.39, 0.29) is 12.6 Å². The fourth-order valence-corrected chi connectivity index (χ4v) is 1.70. The number of aliphatic hydroxyl groups excluding tert-OH is 1. The van der Waals surface area contributed by atoms with Gasteiger partial charge in [-0.05, 0) is 6.92 Å². The average Bonchev–Trinajstić information content (AvgIpc) is 2.37. The first kappa shape index (κ1) is 8.64. The van der Waals surface area contributed by atoms with Gasteiger partial charge in [0.25, 0.3) is 0 Å². The molecular weight excluding hydrogens is 160 g/mol. The van der Waals surface area contributed by atoms with Crippen molar-refractivity contribution < 1.29 is 5.11 Å². The van der Waals surface area contributed by atoms with Crippen LogP contribution in [0.4, 0.5) is 0 Å². The summed E-state index contributed by atoms with van der Waals surface area (Å²) in [4.78, 5) is 5.26. The maximum atomic E-state index is 8.68. The number of nitrogens with zero attached hydrogens (tertiary/aromatic N) is 1. The van der Waals surface area contributed by atoms with E-state index >= 15 is 0 Å². The summed E-state index contributed by atoms with van der Waals surface area (Å²) in [5, 5.41) is 8.68. The van der Waals surface area contributed by atoms with Crippen molar-refractivity contribution in [3.63, 3.8) is 0 Å². The predicted molar refractivity (Wildman–Crippen MR) is 45.6 cm³/mol. The van der Waals surface area contributed by atoms with E-state index in [2.05, 4.69) is 4.98 Å². The summed E-state index contributed by atoms with van der Waals surface area (Å²) in [6, 6.07) is -0.144. The van der Waals surface area contributed by atoms with Gasteiger partial charge in [-0.15, -0.1) is 11.3 Å². The van der Waals surface area contributed by atoms with Crippen molar-refractivity contribution in [2.24, 2.45) is 5.73 Å². The Morgan fingerprint density at radius 3 is 3.00 bits per heavy atom. The molecule has 1 atom stereocenters. The normalized spacial score (nSPS) is 13.4. The second-order valence-electron chi connectivity index (χ2n) is 2.51. The van der Waals surface area contributed by atoms with Crippen LogP contribution in [0.2, 0.25) is 0 Å². The Labute approximate surface area is 69.9 Å². The summed E-state index contributed by atoms with van der Waals surface area (Å²) in [5.74, 6) is 0. The molecule has 11 heavy (non-hydrogen) atoms. The smallest absolute Gasteiger partial charge is 0.0797 e. The van der Waals surface area contributed by atoms with E-state index in [1.165, 1.54) is 4.88 Å². The van der Waals surface area contributed by atoms with Crippen molar-refractivity contribution in [3.8, 4) is 0 Å². The summed E-state index contributed by atoms with van der Waals surface area (Å²) < 4.78 is 0. The van der Waals surface area contributed by atoms with Crippen LogP contribution in [0.3, 0.4) is 0 Å². The minimum absolute atomic E-state index is 0.0390. The van der Waals surface area contributed by atoms with Gasteiger partial charge in [-0.3, -0.25) is 0 Å². The van der Waals surface area contributed by atoms with Gasteiger partial charge in [-0.2, -0.15) is 0 Å². The zero-order chi connectivity index (χ0) is 8.27. The first-order valence-corrected chi connectivity index (χ1v) is 4.37. The molecule has 1 aromatic heterocycles. The molecule has 0 bridgehead atoms. The molecule has 1 unspecified atom stereocenters. The fourth-order valence-electron chi connectivity index (χ4n) is 0.825. The molecule has 1 heterocycles. The Hall–Kier alpha value is -0.450. The Bertz CT molecular complexity index is 224. The number of hydrogen-bond donors (Lipinski definition) is 2. The maximum absolute atomic E-state index is 8.68. The molecule has 0 aliphatic carbocycles. The monoisotopic (exact) mass is 172 g/mol. The van der Waals surface area contributed by atoms with Crippen molar-refractivity contribution in [2.45, 2.75) is 19.4 Å². The lowest BCUT2D eigenvalue weighted by Gasteiger charge is -2.05. The highest BCUT2D eigenvalue weighted by atomic mass is 32.1. The molecule has 0 radical (unpaired) electrons. The Balaban J connectivity index is 2.56. The molecule has 0 saturated heterocycles. The number of aryl methyl sites for hydroxylation is 1. The first-order chi connectivity index (χ1) is 5.24. The van der Waals surface area contributed by atoms with Crippen molar-refractivity contribution >= 4 is 11.3 Å². The highest BCUT2D eigenvalue weighted by Crippen LogP contribution is 2.13. The molecular formula is C7H12N2OS. The molecule has 0 aliphatic heterocycles. The number of nitrogens with two attached hydrogens (primary N) is 1. The van der Waals surface area contributed by atoms with Crippen LogP contribution < -0.4 is 5.73 Å². The second-order valence-corrected chi connectivity index (χ2v) is 3.45. The number of thiazole rings is 1. The van der Waals surface area contributed by atoms with Gasteiger partial charge in [0.2, 0.25) is 0 Å². The fraction of sp³-hybridized carbons (Fsp3) is 0.571. The lowest BCUT2D eigenvalue weighted by Crippen LogP contribution is -2.26. The van der Waals surface area contributed by atoms with Crippen LogP contribution in [0.25, 0.3) is 0 Å². The van der Waals surface area contributed by atoms with Gasteiger partial charge in [0.05, 0.1) is 17.8 Å². The molecule has 1 rings (SSSR count). The summed E-state index contributed by atoms with van der Waals surface area (Å²) in [6.07, 6.45) is 0.729. The SMILES string of the molecule is Cc1ncsc1CC(N)CO. The minimum Gasteiger partial charge on any atom is -0.395 e. The molecule has 4 heteroatoms. The van der Waals surface area contributed by atoms with Gasteiger partial charge < -0.3 is 10.8 Å². The molecule has 0 fully saturated rings. The summed E-state index contributed by atoms with van der Waals surface area (Å²) in [5.41, 5.74) is 8.39. The van der Waals surface area contributed by atoms with E-state index in [1.54, 1.807) is 16.8 Å². The van der Waals surface area contributed by atoms with Crippen LogP contribution in [0.5, 0.6) is 0 Å². The Morgan fingerprint density at radius 1 is 1.82 bits per heavy atom. The molecule has 0 amide bonds. The summed E-state index contributed by atoms with van der Waals surface area (Å²) in [6.45, 7) is 1.99. The third-order valence-corrected chi connectivity index (χ3v) is 2.48. The number of aliphatic hydroxyl groups is 1. The molecule has 0 aliphatic rings. The van der Waals surface area contributed by atoms with Gasteiger partial charge in [0.15, 0.2) is 0 Å². The largest absolute Gasteiger partial charge is 0.395 e. The van der Waals surface area contributed by atoms with Crippen molar-refractivity contribution in [1.82, 2.24) is 4.98 Å². The van der Waals surface area contributed by atoms with Crippen LogP contribution in [0.15, 0.2) is 5.51 Å². The van der Waals surface area contributed by atoms with Crippen LogP contribution in [-0.4, -0.2) is 22.7 Å². The molecule has 0 aromatic carbocycles. The van der Waals surface area contributed by atoms with Gasteiger partial charge in [-0.25, -0.2) is 4.98 Å². The molecule has 0 spiro atoms. The van der Waals surface area contributed by atoms with Crippen molar-refractivity contribution in [2.75, 3.05) is 6.61 Å². The summed E-state index contributed by atoms with van der Waals surface area (Å²) >= 11 is 1.59. The van der Waals surface area contributed by atoms with Crippen molar-refractivity contribution in [1.29, 1.82) is 0 Å². The topological polar surface area (TPSA) is 59.1 Å². The zero-order valence-electron chi connectivity index (χ0n) is 6.45. The molecule has 1 aromatic rings. The standard InChI is InChI=1S/C7H12N2OS/c1-5-7(11-4-9-5)2-6(8)3-10/h4,6,10H,2-3,8H2,1H3. The number of rotatable bonds is 3. The van der Waals surface area contributed by atoms with E-state index in [1.807, 2.05) is 6.92 Å². The van der Waals surface area contributed by atoms with E-state index in [4.69, 9.17) is 10.8 Å². The van der Waals surface area contributed by atoms with Crippen LogP contribution >= 0.6 is 11.3 Å². The molecule has 3 N–H and O–H groups in total. The predicted octanol–water partition coefficient (Wildman–Crippen LogP) is 0.314. The van der Waals surface area contributed by atoms with E-state index in [0.717, 1.165) is 12.1 Å². The number of aromatic nitrogens is 1. The third-order valence-electron chi connectivity index (χ3n) is 1.53. The Kier molecular flexibility index (Phi) is 2.99. The second kappa shape index (κ2) is 3.80. The molecule has 3 nitrogen and oxygen atoms in total. The Morgan fingerprint density at radius 2 is 2.55 bits per heavy atom. The average molecular weight is 172 g/mol. The quantitative estimate of drug-likeness (QED) is 0.690. The van der Waals surface area contributed by atoms with Gasteiger partial charge in [0.1, 0.15) is 0 Å². The van der Waals surface area contributed by atoms with E-state index in [0.29, 0.717) is 0 Å². The zero-order valence-corrected chi connectivity index (χ0v) is 7.27. The van der Waals surface area contributed by atoms with Gasteiger partial charge in [-0.1, -0.05) is 0 Å². The maximum Gasteiger partial charge on any atom is 0.0797 e. The van der Waals surface area contributed by atoms with Crippen molar-refractivity contribution in [3.05, 3.63) is 16.1 Å². The van der Waals surface area contributed by atoms with Crippen LogP contribution in [0.1, 0.15) is 10.6 Å². The summed E-state index contributed by atoms with van der Waals surface area (Å²) in [7, 11) is 0.